The van der Waals surface area contributed by atoms with Crippen LogP contribution in [-0.2, 0) is 6.42 Å². The molecule has 2 aromatic carbocycles. The van der Waals surface area contributed by atoms with E-state index in [4.69, 9.17) is 0 Å². The largest absolute Gasteiger partial charge is 0.388 e. The summed E-state index contributed by atoms with van der Waals surface area (Å²) in [6.45, 7) is 0. The summed E-state index contributed by atoms with van der Waals surface area (Å²) in [6, 6.07) is 16.8. The summed E-state index contributed by atoms with van der Waals surface area (Å²) >= 11 is 0. The molecule has 0 bridgehead atoms. The van der Waals surface area contributed by atoms with Crippen LogP contribution in [0.2, 0.25) is 0 Å². The molecule has 0 saturated carbocycles. The number of aliphatic hydroxyl groups excluding tert-OH is 1. The summed E-state index contributed by atoms with van der Waals surface area (Å²) in [5.74, 6) is 0. The van der Waals surface area contributed by atoms with E-state index in [1.165, 1.54) is 16.7 Å². The minimum atomic E-state index is -0.276. The van der Waals surface area contributed by atoms with Crippen molar-refractivity contribution < 1.29 is 5.11 Å². The Balaban J connectivity index is 2.06. The van der Waals surface area contributed by atoms with E-state index in [2.05, 4.69) is 30.3 Å². The number of aryl methyl sites for hydroxylation is 1. The number of hydrogen-bond acceptors (Lipinski definition) is 1. The number of fused-ring (bicyclic) bond motifs is 1. The van der Waals surface area contributed by atoms with Crippen LogP contribution in [0.25, 0.3) is 11.1 Å². The lowest BCUT2D eigenvalue weighted by Gasteiger charge is -2.22. The molecule has 1 aliphatic carbocycles. The van der Waals surface area contributed by atoms with Crippen LogP contribution in [0.5, 0.6) is 0 Å². The zero-order chi connectivity index (χ0) is 11.7. The lowest BCUT2D eigenvalue weighted by Crippen LogP contribution is -2.08. The Hall–Kier alpha value is -1.60. The lowest BCUT2D eigenvalue weighted by atomic mass is 9.87. The first-order valence-electron chi connectivity index (χ1n) is 6.21. The molecular formula is C16H16O. The van der Waals surface area contributed by atoms with Crippen molar-refractivity contribution in [2.75, 3.05) is 0 Å². The molecule has 0 saturated heterocycles. The molecule has 0 fully saturated rings. The Kier molecular flexibility index (Phi) is 2.69. The summed E-state index contributed by atoms with van der Waals surface area (Å²) in [6.07, 6.45) is 2.81. The van der Waals surface area contributed by atoms with Gasteiger partial charge in [-0.3, -0.25) is 0 Å². The van der Waals surface area contributed by atoms with E-state index in [-0.39, 0.29) is 6.10 Å². The van der Waals surface area contributed by atoms with E-state index in [0.29, 0.717) is 0 Å². The van der Waals surface area contributed by atoms with Crippen molar-refractivity contribution in [2.24, 2.45) is 0 Å². The first-order chi connectivity index (χ1) is 8.34. The molecule has 2 aromatic rings. The molecule has 0 aliphatic heterocycles. The molecule has 17 heavy (non-hydrogen) atoms. The first kappa shape index (κ1) is 10.5. The zero-order valence-electron chi connectivity index (χ0n) is 9.76. The van der Waals surface area contributed by atoms with Gasteiger partial charge in [0.15, 0.2) is 0 Å². The van der Waals surface area contributed by atoms with E-state index in [9.17, 15) is 5.11 Å². The van der Waals surface area contributed by atoms with Crippen molar-refractivity contribution in [3.8, 4) is 11.1 Å². The van der Waals surface area contributed by atoms with Crippen LogP contribution in [0.15, 0.2) is 48.5 Å². The molecule has 1 atom stereocenters. The van der Waals surface area contributed by atoms with Crippen molar-refractivity contribution >= 4 is 0 Å². The second-order valence-corrected chi connectivity index (χ2v) is 4.69. The first-order valence-corrected chi connectivity index (χ1v) is 6.21. The highest BCUT2D eigenvalue weighted by molar-refractivity contribution is 5.65. The quantitative estimate of drug-likeness (QED) is 0.782. The molecule has 0 heterocycles. The maximum atomic E-state index is 10.0. The molecule has 86 valence electrons. The van der Waals surface area contributed by atoms with Crippen molar-refractivity contribution in [3.63, 3.8) is 0 Å². The van der Waals surface area contributed by atoms with Crippen molar-refractivity contribution in [3.05, 3.63) is 59.7 Å². The van der Waals surface area contributed by atoms with Crippen molar-refractivity contribution in [2.45, 2.75) is 25.4 Å². The minimum Gasteiger partial charge on any atom is -0.388 e. The highest BCUT2D eigenvalue weighted by atomic mass is 16.3. The Morgan fingerprint density at radius 1 is 0.941 bits per heavy atom. The maximum absolute atomic E-state index is 10.0. The van der Waals surface area contributed by atoms with Gasteiger partial charge in [0, 0.05) is 0 Å². The Morgan fingerprint density at radius 2 is 1.76 bits per heavy atom. The molecule has 0 spiro atoms. The smallest absolute Gasteiger partial charge is 0.0793 e. The SMILES string of the molecule is O[C@@H]1CCCc2ccc(-c3ccccc3)cc21. The molecule has 1 N–H and O–H groups in total. The fraction of sp³-hybridized carbons (Fsp3) is 0.250. The van der Waals surface area contributed by atoms with Gasteiger partial charge in [0.05, 0.1) is 6.10 Å². The van der Waals surface area contributed by atoms with Crippen LogP contribution in [-0.4, -0.2) is 5.11 Å². The molecule has 1 aliphatic rings. The second-order valence-electron chi connectivity index (χ2n) is 4.69. The molecule has 1 heteroatoms. The highest BCUT2D eigenvalue weighted by Gasteiger charge is 2.18. The van der Waals surface area contributed by atoms with Crippen LogP contribution < -0.4 is 0 Å². The summed E-state index contributed by atoms with van der Waals surface area (Å²) in [5, 5.41) is 10.0. The van der Waals surface area contributed by atoms with Crippen LogP contribution in [0, 0.1) is 0 Å². The molecule has 3 rings (SSSR count). The molecule has 0 aromatic heterocycles. The average Bonchev–Trinajstić information content (AvgIpc) is 2.40. The van der Waals surface area contributed by atoms with E-state index in [0.717, 1.165) is 24.8 Å². The number of benzene rings is 2. The molecular weight excluding hydrogens is 208 g/mol. The zero-order valence-corrected chi connectivity index (χ0v) is 9.76. The highest BCUT2D eigenvalue weighted by Crippen LogP contribution is 2.32. The van der Waals surface area contributed by atoms with Gasteiger partial charge in [0.1, 0.15) is 0 Å². The number of rotatable bonds is 1. The van der Waals surface area contributed by atoms with Gasteiger partial charge in [-0.2, -0.15) is 0 Å². The summed E-state index contributed by atoms with van der Waals surface area (Å²) in [4.78, 5) is 0. The standard InChI is InChI=1S/C16H16O/c17-16-8-4-7-13-9-10-14(11-15(13)16)12-5-2-1-3-6-12/h1-3,5-6,9-11,16-17H,4,7-8H2/t16-/m1/s1. The normalized spacial score (nSPS) is 18.8. The van der Waals surface area contributed by atoms with Gasteiger partial charge >= 0.3 is 0 Å². The van der Waals surface area contributed by atoms with E-state index in [1.54, 1.807) is 0 Å². The Bertz CT molecular complexity index is 516. The van der Waals surface area contributed by atoms with Crippen LogP contribution in [0.1, 0.15) is 30.1 Å². The van der Waals surface area contributed by atoms with Gasteiger partial charge < -0.3 is 5.11 Å². The van der Waals surface area contributed by atoms with Gasteiger partial charge in [-0.05, 0) is 47.6 Å². The minimum absolute atomic E-state index is 0.276. The Labute approximate surface area is 102 Å². The fourth-order valence-corrected chi connectivity index (χ4v) is 2.58. The molecule has 0 radical (unpaired) electrons. The second kappa shape index (κ2) is 4.34. The maximum Gasteiger partial charge on any atom is 0.0793 e. The molecule has 0 unspecified atom stereocenters. The van der Waals surface area contributed by atoms with Gasteiger partial charge in [-0.25, -0.2) is 0 Å². The van der Waals surface area contributed by atoms with Crippen molar-refractivity contribution in [1.29, 1.82) is 0 Å². The predicted octanol–water partition coefficient (Wildman–Crippen LogP) is 3.72. The summed E-state index contributed by atoms with van der Waals surface area (Å²) in [5.41, 5.74) is 4.85. The monoisotopic (exact) mass is 224 g/mol. The number of hydrogen-bond donors (Lipinski definition) is 1. The third-order valence-corrected chi connectivity index (χ3v) is 3.54. The Morgan fingerprint density at radius 3 is 2.59 bits per heavy atom. The van der Waals surface area contributed by atoms with Crippen LogP contribution in [0.3, 0.4) is 0 Å². The van der Waals surface area contributed by atoms with E-state index >= 15 is 0 Å². The summed E-state index contributed by atoms with van der Waals surface area (Å²) < 4.78 is 0. The van der Waals surface area contributed by atoms with Gasteiger partial charge in [0.2, 0.25) is 0 Å². The molecule has 1 nitrogen and oxygen atoms in total. The van der Waals surface area contributed by atoms with Crippen LogP contribution >= 0.6 is 0 Å². The predicted molar refractivity (Wildman–Crippen MR) is 69.8 cm³/mol. The van der Waals surface area contributed by atoms with E-state index < -0.39 is 0 Å². The van der Waals surface area contributed by atoms with Gasteiger partial charge in [-0.1, -0.05) is 42.5 Å². The third-order valence-electron chi connectivity index (χ3n) is 3.54. The van der Waals surface area contributed by atoms with Crippen molar-refractivity contribution in [1.82, 2.24) is 0 Å². The van der Waals surface area contributed by atoms with E-state index in [1.807, 2.05) is 18.2 Å². The van der Waals surface area contributed by atoms with Gasteiger partial charge in [0.25, 0.3) is 0 Å². The fourth-order valence-electron chi connectivity index (χ4n) is 2.58. The number of aliphatic hydroxyl groups is 1. The average molecular weight is 224 g/mol. The summed E-state index contributed by atoms with van der Waals surface area (Å²) in [7, 11) is 0. The lowest BCUT2D eigenvalue weighted by molar-refractivity contribution is 0.156. The topological polar surface area (TPSA) is 20.2 Å². The van der Waals surface area contributed by atoms with Crippen LogP contribution in [0.4, 0.5) is 0 Å². The third kappa shape index (κ3) is 1.98. The molecule has 0 amide bonds. The van der Waals surface area contributed by atoms with Gasteiger partial charge in [-0.15, -0.1) is 0 Å².